The molecule has 1 rings (SSSR count). The summed E-state index contributed by atoms with van der Waals surface area (Å²) in [5.41, 5.74) is 1.02. The largest absolute Gasteiger partial charge is 0.481 e. The van der Waals surface area contributed by atoms with E-state index in [0.717, 1.165) is 19.3 Å². The topological polar surface area (TPSA) is 37.3 Å². The highest BCUT2D eigenvalue weighted by molar-refractivity contribution is 5.71. The van der Waals surface area contributed by atoms with Gasteiger partial charge in [0.05, 0.1) is 5.92 Å². The van der Waals surface area contributed by atoms with Crippen LogP contribution in [0.5, 0.6) is 0 Å². The van der Waals surface area contributed by atoms with Crippen molar-refractivity contribution in [3.8, 4) is 0 Å². The molecular weight excluding hydrogens is 188 g/mol. The van der Waals surface area contributed by atoms with Crippen molar-refractivity contribution >= 4 is 5.97 Å². The van der Waals surface area contributed by atoms with E-state index in [2.05, 4.69) is 12.2 Å². The van der Waals surface area contributed by atoms with Crippen LogP contribution in [0.3, 0.4) is 0 Å². The quantitative estimate of drug-likeness (QED) is 0.768. The number of carboxylic acid groups (broad SMARTS) is 1. The zero-order valence-electron chi connectivity index (χ0n) is 9.79. The van der Waals surface area contributed by atoms with E-state index in [9.17, 15) is 9.90 Å². The van der Waals surface area contributed by atoms with Crippen molar-refractivity contribution < 1.29 is 9.90 Å². The molecule has 2 nitrogen and oxygen atoms in total. The van der Waals surface area contributed by atoms with E-state index in [0.29, 0.717) is 0 Å². The molecule has 0 aliphatic heterocycles. The molecule has 1 aliphatic carbocycles. The highest BCUT2D eigenvalue weighted by Gasteiger charge is 2.36. The zero-order valence-corrected chi connectivity index (χ0v) is 9.79. The van der Waals surface area contributed by atoms with Gasteiger partial charge in [-0.2, -0.15) is 0 Å². The van der Waals surface area contributed by atoms with Crippen LogP contribution < -0.4 is 0 Å². The van der Waals surface area contributed by atoms with Gasteiger partial charge in [0.2, 0.25) is 0 Å². The van der Waals surface area contributed by atoms with E-state index in [1.807, 2.05) is 26.8 Å². The number of aliphatic carboxylic acids is 1. The van der Waals surface area contributed by atoms with Crippen LogP contribution in [0.15, 0.2) is 23.8 Å². The monoisotopic (exact) mass is 208 g/mol. The molecule has 1 aliphatic rings. The lowest BCUT2D eigenvalue weighted by molar-refractivity contribution is -0.145. The summed E-state index contributed by atoms with van der Waals surface area (Å²) in [6.45, 7) is 6.12. The van der Waals surface area contributed by atoms with Crippen molar-refractivity contribution in [2.45, 2.75) is 40.0 Å². The number of rotatable bonds is 4. The average Bonchev–Trinajstić information content (AvgIpc) is 2.19. The molecule has 0 saturated heterocycles. The Kier molecular flexibility index (Phi) is 3.72. The summed E-state index contributed by atoms with van der Waals surface area (Å²) in [4.78, 5) is 11.2. The van der Waals surface area contributed by atoms with Crippen molar-refractivity contribution in [2.75, 3.05) is 0 Å². The molecule has 0 bridgehead atoms. The Labute approximate surface area is 91.7 Å². The lowest BCUT2D eigenvalue weighted by atomic mass is 9.70. The Bertz CT molecular complexity index is 302. The second kappa shape index (κ2) is 4.65. The molecule has 0 heterocycles. The molecule has 2 atom stereocenters. The summed E-state index contributed by atoms with van der Waals surface area (Å²) in [6, 6.07) is 0. The van der Waals surface area contributed by atoms with Gasteiger partial charge in [0.1, 0.15) is 0 Å². The Morgan fingerprint density at radius 3 is 2.73 bits per heavy atom. The van der Waals surface area contributed by atoms with E-state index in [1.165, 1.54) is 5.57 Å². The van der Waals surface area contributed by atoms with Crippen molar-refractivity contribution in [1.82, 2.24) is 0 Å². The van der Waals surface area contributed by atoms with Gasteiger partial charge >= 0.3 is 5.97 Å². The number of carbonyl (C=O) groups is 1. The van der Waals surface area contributed by atoms with Crippen molar-refractivity contribution in [2.24, 2.45) is 11.3 Å². The summed E-state index contributed by atoms with van der Waals surface area (Å²) < 4.78 is 0. The van der Waals surface area contributed by atoms with Gasteiger partial charge in [0, 0.05) is 5.41 Å². The van der Waals surface area contributed by atoms with E-state index in [4.69, 9.17) is 0 Å². The minimum Gasteiger partial charge on any atom is -0.481 e. The SMILES string of the molecule is CCCC(C(=O)O)C1(C)C=CC(C)=CC1. The molecule has 2 heteroatoms. The Morgan fingerprint density at radius 2 is 2.33 bits per heavy atom. The van der Waals surface area contributed by atoms with Crippen LogP contribution in [0.25, 0.3) is 0 Å². The maximum Gasteiger partial charge on any atom is 0.307 e. The summed E-state index contributed by atoms with van der Waals surface area (Å²) >= 11 is 0. The van der Waals surface area contributed by atoms with Gasteiger partial charge in [-0.1, -0.05) is 44.1 Å². The molecule has 15 heavy (non-hydrogen) atoms. The van der Waals surface area contributed by atoms with E-state index < -0.39 is 5.97 Å². The molecular formula is C13H20O2. The smallest absolute Gasteiger partial charge is 0.307 e. The van der Waals surface area contributed by atoms with E-state index in [-0.39, 0.29) is 11.3 Å². The summed E-state index contributed by atoms with van der Waals surface area (Å²) in [5, 5.41) is 9.23. The first-order chi connectivity index (χ1) is 6.99. The minimum absolute atomic E-state index is 0.207. The second-order valence-corrected chi connectivity index (χ2v) is 4.67. The van der Waals surface area contributed by atoms with Crippen LogP contribution in [-0.4, -0.2) is 11.1 Å². The Hall–Kier alpha value is -1.05. The standard InChI is InChI=1S/C13H20O2/c1-4-5-11(12(14)15)13(3)8-6-10(2)7-9-13/h6-8,11H,4-5,9H2,1-3H3,(H,14,15). The zero-order chi connectivity index (χ0) is 11.5. The summed E-state index contributed by atoms with van der Waals surface area (Å²) in [5.74, 6) is -0.931. The predicted molar refractivity (Wildman–Crippen MR) is 61.7 cm³/mol. The number of allylic oxidation sites excluding steroid dienone is 4. The summed E-state index contributed by atoms with van der Waals surface area (Å²) in [7, 11) is 0. The highest BCUT2D eigenvalue weighted by atomic mass is 16.4. The molecule has 0 radical (unpaired) electrons. The van der Waals surface area contributed by atoms with Gasteiger partial charge in [-0.05, 0) is 19.8 Å². The van der Waals surface area contributed by atoms with Gasteiger partial charge in [-0.15, -0.1) is 0 Å². The van der Waals surface area contributed by atoms with E-state index in [1.54, 1.807) is 0 Å². The third kappa shape index (κ3) is 2.71. The third-order valence-electron chi connectivity index (χ3n) is 3.26. The molecule has 84 valence electrons. The summed E-state index contributed by atoms with van der Waals surface area (Å²) in [6.07, 6.45) is 8.75. The van der Waals surface area contributed by atoms with Crippen molar-refractivity contribution in [3.63, 3.8) is 0 Å². The molecule has 0 aromatic carbocycles. The van der Waals surface area contributed by atoms with Gasteiger partial charge in [0.25, 0.3) is 0 Å². The van der Waals surface area contributed by atoms with Gasteiger partial charge in [0.15, 0.2) is 0 Å². The first-order valence-corrected chi connectivity index (χ1v) is 5.58. The fourth-order valence-corrected chi connectivity index (χ4v) is 2.12. The average molecular weight is 208 g/mol. The lowest BCUT2D eigenvalue weighted by Gasteiger charge is -2.33. The molecule has 0 spiro atoms. The molecule has 0 aromatic rings. The predicted octanol–water partition coefficient (Wildman–Crippen LogP) is 3.40. The third-order valence-corrected chi connectivity index (χ3v) is 3.26. The van der Waals surface area contributed by atoms with Crippen LogP contribution in [-0.2, 0) is 4.79 Å². The Morgan fingerprint density at radius 1 is 1.67 bits per heavy atom. The highest BCUT2D eigenvalue weighted by Crippen LogP contribution is 2.39. The first-order valence-electron chi connectivity index (χ1n) is 5.58. The van der Waals surface area contributed by atoms with Crippen molar-refractivity contribution in [3.05, 3.63) is 23.8 Å². The molecule has 2 unspecified atom stereocenters. The van der Waals surface area contributed by atoms with Crippen LogP contribution in [0.1, 0.15) is 40.0 Å². The first kappa shape index (κ1) is 12.0. The minimum atomic E-state index is -0.669. The molecule has 1 N–H and O–H groups in total. The fourth-order valence-electron chi connectivity index (χ4n) is 2.12. The maximum atomic E-state index is 11.2. The molecule has 0 saturated carbocycles. The van der Waals surface area contributed by atoms with Crippen molar-refractivity contribution in [1.29, 1.82) is 0 Å². The molecule has 0 aromatic heterocycles. The normalized spacial score (nSPS) is 27.3. The number of hydrogen-bond donors (Lipinski definition) is 1. The number of hydrogen-bond acceptors (Lipinski definition) is 1. The van der Waals surface area contributed by atoms with E-state index >= 15 is 0 Å². The van der Waals surface area contributed by atoms with Crippen LogP contribution in [0.4, 0.5) is 0 Å². The van der Waals surface area contributed by atoms with Gasteiger partial charge in [-0.3, -0.25) is 4.79 Å². The maximum absolute atomic E-state index is 11.2. The second-order valence-electron chi connectivity index (χ2n) is 4.67. The van der Waals surface area contributed by atoms with Gasteiger partial charge in [-0.25, -0.2) is 0 Å². The van der Waals surface area contributed by atoms with Crippen LogP contribution >= 0.6 is 0 Å². The van der Waals surface area contributed by atoms with Gasteiger partial charge < -0.3 is 5.11 Å². The van der Waals surface area contributed by atoms with Crippen LogP contribution in [0.2, 0.25) is 0 Å². The van der Waals surface area contributed by atoms with Crippen LogP contribution in [0, 0.1) is 11.3 Å². The number of carboxylic acids is 1. The fraction of sp³-hybridized carbons (Fsp3) is 0.615. The molecule has 0 amide bonds. The molecule has 0 fully saturated rings. The lowest BCUT2D eigenvalue weighted by Crippen LogP contribution is -2.32. The Balaban J connectivity index is 2.84.